The molecule has 0 aromatic heterocycles. The summed E-state index contributed by atoms with van der Waals surface area (Å²) in [6.07, 6.45) is 0. The molecule has 7 heteroatoms. The molecule has 2 aromatic carbocycles. The number of benzene rings is 2. The quantitative estimate of drug-likeness (QED) is 0.825. The second kappa shape index (κ2) is 5.41. The number of phenolic OH excluding ortho intramolecular Hbond substituents is 1. The van der Waals surface area contributed by atoms with Crippen LogP contribution in [0.1, 0.15) is 5.56 Å². The van der Waals surface area contributed by atoms with Crippen LogP contribution in [-0.2, 0) is 10.0 Å². The van der Waals surface area contributed by atoms with E-state index >= 15 is 0 Å². The SMILES string of the molecule is Cc1cccc(NS(=O)(=O)c2ccc(Br)cc2F)c1O. The van der Waals surface area contributed by atoms with Gasteiger partial charge in [0.25, 0.3) is 10.0 Å². The molecule has 0 bridgehead atoms. The summed E-state index contributed by atoms with van der Waals surface area (Å²) in [7, 11) is -4.11. The number of nitrogens with one attached hydrogen (secondary N) is 1. The van der Waals surface area contributed by atoms with Crippen molar-refractivity contribution >= 4 is 31.6 Å². The lowest BCUT2D eigenvalue weighted by molar-refractivity contribution is 0.473. The van der Waals surface area contributed by atoms with Crippen molar-refractivity contribution in [1.82, 2.24) is 0 Å². The molecule has 0 atom stereocenters. The van der Waals surface area contributed by atoms with E-state index in [0.717, 1.165) is 12.1 Å². The molecule has 0 amide bonds. The third-order valence-corrected chi connectivity index (χ3v) is 4.56. The van der Waals surface area contributed by atoms with Gasteiger partial charge in [-0.15, -0.1) is 0 Å². The first-order valence-electron chi connectivity index (χ1n) is 5.58. The van der Waals surface area contributed by atoms with E-state index in [1.807, 2.05) is 0 Å². The van der Waals surface area contributed by atoms with E-state index in [1.54, 1.807) is 19.1 Å². The van der Waals surface area contributed by atoms with Crippen molar-refractivity contribution in [2.24, 2.45) is 0 Å². The molecule has 20 heavy (non-hydrogen) atoms. The summed E-state index contributed by atoms with van der Waals surface area (Å²) in [6.45, 7) is 1.63. The fraction of sp³-hybridized carbons (Fsp3) is 0.0769. The Morgan fingerprint density at radius 1 is 1.25 bits per heavy atom. The first-order chi connectivity index (χ1) is 9.31. The van der Waals surface area contributed by atoms with Crippen LogP contribution in [0.25, 0.3) is 0 Å². The predicted octanol–water partition coefficient (Wildman–Crippen LogP) is 3.40. The average Bonchev–Trinajstić information content (AvgIpc) is 2.34. The zero-order valence-corrected chi connectivity index (χ0v) is 12.8. The minimum absolute atomic E-state index is 0.00678. The summed E-state index contributed by atoms with van der Waals surface area (Å²) in [6, 6.07) is 8.25. The molecule has 0 saturated heterocycles. The number of aryl methyl sites for hydroxylation is 1. The number of hydrogen-bond donors (Lipinski definition) is 2. The monoisotopic (exact) mass is 359 g/mol. The zero-order valence-electron chi connectivity index (χ0n) is 10.4. The van der Waals surface area contributed by atoms with Crippen LogP contribution in [-0.4, -0.2) is 13.5 Å². The Bertz CT molecular complexity index is 762. The number of anilines is 1. The molecule has 0 fully saturated rings. The van der Waals surface area contributed by atoms with Crippen LogP contribution >= 0.6 is 15.9 Å². The smallest absolute Gasteiger partial charge is 0.264 e. The lowest BCUT2D eigenvalue weighted by atomic mass is 10.2. The fourth-order valence-electron chi connectivity index (χ4n) is 1.63. The summed E-state index contributed by atoms with van der Waals surface area (Å²) in [4.78, 5) is -0.485. The highest BCUT2D eigenvalue weighted by Crippen LogP contribution is 2.29. The summed E-state index contributed by atoms with van der Waals surface area (Å²) in [5.41, 5.74) is 0.522. The highest BCUT2D eigenvalue weighted by Gasteiger charge is 2.20. The van der Waals surface area contributed by atoms with E-state index in [1.165, 1.54) is 12.1 Å². The van der Waals surface area contributed by atoms with Crippen molar-refractivity contribution in [2.45, 2.75) is 11.8 Å². The van der Waals surface area contributed by atoms with Gasteiger partial charge in [0.05, 0.1) is 5.69 Å². The van der Waals surface area contributed by atoms with Gasteiger partial charge in [-0.05, 0) is 36.8 Å². The predicted molar refractivity (Wildman–Crippen MR) is 77.8 cm³/mol. The van der Waals surface area contributed by atoms with E-state index in [9.17, 15) is 17.9 Å². The average molecular weight is 360 g/mol. The van der Waals surface area contributed by atoms with Crippen LogP contribution in [0, 0.1) is 12.7 Å². The van der Waals surface area contributed by atoms with Crippen molar-refractivity contribution in [2.75, 3.05) is 4.72 Å². The largest absolute Gasteiger partial charge is 0.505 e. The zero-order chi connectivity index (χ0) is 14.9. The molecule has 0 radical (unpaired) electrons. The number of aromatic hydroxyl groups is 1. The van der Waals surface area contributed by atoms with Crippen LogP contribution < -0.4 is 4.72 Å². The van der Waals surface area contributed by atoms with Crippen molar-refractivity contribution in [1.29, 1.82) is 0 Å². The molecule has 0 aliphatic rings. The summed E-state index contributed by atoms with van der Waals surface area (Å²) < 4.78 is 40.6. The summed E-state index contributed by atoms with van der Waals surface area (Å²) in [5.74, 6) is -1.06. The van der Waals surface area contributed by atoms with Gasteiger partial charge in [0.1, 0.15) is 16.5 Å². The second-order valence-corrected chi connectivity index (χ2v) is 6.72. The number of phenols is 1. The van der Waals surface area contributed by atoms with Crippen LogP contribution in [0.2, 0.25) is 0 Å². The molecule has 0 aliphatic carbocycles. The maximum atomic E-state index is 13.7. The van der Waals surface area contributed by atoms with Crippen molar-refractivity contribution in [3.8, 4) is 5.75 Å². The lowest BCUT2D eigenvalue weighted by Crippen LogP contribution is -2.14. The number of rotatable bonds is 3. The molecule has 0 heterocycles. The normalized spacial score (nSPS) is 11.3. The first-order valence-corrected chi connectivity index (χ1v) is 7.85. The van der Waals surface area contributed by atoms with Crippen molar-refractivity contribution in [3.05, 3.63) is 52.3 Å². The van der Waals surface area contributed by atoms with Gasteiger partial charge < -0.3 is 5.11 Å². The van der Waals surface area contributed by atoms with Crippen molar-refractivity contribution < 1.29 is 17.9 Å². The van der Waals surface area contributed by atoms with Gasteiger partial charge in [0.2, 0.25) is 0 Å². The number of halogens is 2. The minimum atomic E-state index is -4.11. The molecule has 0 spiro atoms. The highest BCUT2D eigenvalue weighted by atomic mass is 79.9. The molecule has 4 nitrogen and oxygen atoms in total. The third-order valence-electron chi connectivity index (χ3n) is 2.67. The van der Waals surface area contributed by atoms with E-state index in [0.29, 0.717) is 10.0 Å². The topological polar surface area (TPSA) is 66.4 Å². The van der Waals surface area contributed by atoms with E-state index in [2.05, 4.69) is 20.7 Å². The lowest BCUT2D eigenvalue weighted by Gasteiger charge is -2.11. The Morgan fingerprint density at radius 3 is 2.60 bits per heavy atom. The Morgan fingerprint density at radius 2 is 1.95 bits per heavy atom. The highest BCUT2D eigenvalue weighted by molar-refractivity contribution is 9.10. The number of hydrogen-bond acceptors (Lipinski definition) is 3. The van der Waals surface area contributed by atoms with Crippen LogP contribution in [0.5, 0.6) is 5.75 Å². The van der Waals surface area contributed by atoms with Gasteiger partial charge in [-0.2, -0.15) is 0 Å². The number of para-hydroxylation sites is 1. The van der Waals surface area contributed by atoms with Crippen LogP contribution in [0.15, 0.2) is 45.8 Å². The fourth-order valence-corrected chi connectivity index (χ4v) is 3.09. The molecule has 106 valence electrons. The van der Waals surface area contributed by atoms with Gasteiger partial charge in [0.15, 0.2) is 0 Å². The molecular weight excluding hydrogens is 349 g/mol. The molecule has 0 unspecified atom stereocenters. The Kier molecular flexibility index (Phi) is 4.01. The maximum Gasteiger partial charge on any atom is 0.264 e. The maximum absolute atomic E-state index is 13.7. The molecular formula is C13H11BrFNO3S. The van der Waals surface area contributed by atoms with Crippen LogP contribution in [0.4, 0.5) is 10.1 Å². The van der Waals surface area contributed by atoms with Gasteiger partial charge in [-0.3, -0.25) is 4.72 Å². The molecule has 2 aromatic rings. The second-order valence-electron chi connectivity index (χ2n) is 4.15. The molecule has 0 aliphatic heterocycles. The van der Waals surface area contributed by atoms with E-state index in [4.69, 9.17) is 0 Å². The Labute approximate surface area is 124 Å². The molecule has 0 saturated carbocycles. The van der Waals surface area contributed by atoms with E-state index in [-0.39, 0.29) is 11.4 Å². The van der Waals surface area contributed by atoms with E-state index < -0.39 is 20.7 Å². The van der Waals surface area contributed by atoms with Crippen LogP contribution in [0.3, 0.4) is 0 Å². The van der Waals surface area contributed by atoms with Gasteiger partial charge in [0, 0.05) is 4.47 Å². The van der Waals surface area contributed by atoms with Gasteiger partial charge >= 0.3 is 0 Å². The Balaban J connectivity index is 2.44. The standard InChI is InChI=1S/C13H11BrFNO3S/c1-8-3-2-4-11(13(8)17)16-20(18,19)12-6-5-9(14)7-10(12)15/h2-7,16-17H,1H3. The summed E-state index contributed by atoms with van der Waals surface area (Å²) >= 11 is 3.06. The minimum Gasteiger partial charge on any atom is -0.505 e. The molecule has 2 rings (SSSR count). The Hall–Kier alpha value is -1.60. The summed E-state index contributed by atoms with van der Waals surface area (Å²) in [5, 5.41) is 9.79. The first kappa shape index (κ1) is 14.8. The van der Waals surface area contributed by atoms with Gasteiger partial charge in [-0.1, -0.05) is 28.1 Å². The third kappa shape index (κ3) is 2.94. The van der Waals surface area contributed by atoms with Gasteiger partial charge in [-0.25, -0.2) is 12.8 Å². The molecule has 2 N–H and O–H groups in total. The van der Waals surface area contributed by atoms with Crippen molar-refractivity contribution in [3.63, 3.8) is 0 Å². The number of sulfonamides is 1.